The van der Waals surface area contributed by atoms with Crippen molar-refractivity contribution in [3.63, 3.8) is 0 Å². The third kappa shape index (κ3) is 29.3. The van der Waals surface area contributed by atoms with Crippen molar-refractivity contribution < 1.29 is 15.1 Å². The SMILES string of the molecule is CCCCCCCCCCCCCCCC.O=[N+]([O-])O[N+](=O)[O-]. The summed E-state index contributed by atoms with van der Waals surface area (Å²) in [7, 11) is 0. The van der Waals surface area contributed by atoms with E-state index in [0.717, 1.165) is 0 Å². The van der Waals surface area contributed by atoms with Crippen LogP contribution >= 0.6 is 0 Å². The van der Waals surface area contributed by atoms with Crippen LogP contribution in [0.1, 0.15) is 104 Å². The molecule has 0 rings (SSSR count). The van der Waals surface area contributed by atoms with Gasteiger partial charge in [0, 0.05) is 4.94 Å². The molecule has 0 aliphatic heterocycles. The summed E-state index contributed by atoms with van der Waals surface area (Å²) in [4.78, 5) is 20.6. The Morgan fingerprint density at radius 3 is 0.913 bits per heavy atom. The molecule has 0 aliphatic rings. The quantitative estimate of drug-likeness (QED) is 0.212. The molecule has 7 nitrogen and oxygen atoms in total. The van der Waals surface area contributed by atoms with Crippen molar-refractivity contribution in [2.24, 2.45) is 0 Å². The van der Waals surface area contributed by atoms with Crippen LogP contribution in [-0.2, 0) is 4.94 Å². The van der Waals surface area contributed by atoms with Crippen molar-refractivity contribution >= 4 is 0 Å². The monoisotopic (exact) mass is 334 g/mol. The molecular formula is C16H34N2O5. The van der Waals surface area contributed by atoms with Gasteiger partial charge in [-0.2, -0.15) is 0 Å². The fourth-order valence-electron chi connectivity index (χ4n) is 2.32. The molecule has 0 spiro atoms. The first-order chi connectivity index (χ1) is 11.0. The summed E-state index contributed by atoms with van der Waals surface area (Å²) in [5, 5.41) is 14.9. The normalized spacial score (nSPS) is 9.83. The molecule has 0 amide bonds. The molecular weight excluding hydrogens is 300 g/mol. The lowest BCUT2D eigenvalue weighted by Crippen LogP contribution is -2.06. The summed E-state index contributed by atoms with van der Waals surface area (Å²) in [5.74, 6) is 0. The predicted octanol–water partition coefficient (Wildman–Crippen LogP) is 5.87. The maximum Gasteiger partial charge on any atom is 0.356 e. The van der Waals surface area contributed by atoms with Crippen molar-refractivity contribution in [3.8, 4) is 0 Å². The highest BCUT2D eigenvalue weighted by Gasteiger charge is 2.05. The number of unbranched alkanes of at least 4 members (excludes halogenated alkanes) is 13. The van der Waals surface area contributed by atoms with Gasteiger partial charge >= 0.3 is 10.2 Å². The Morgan fingerprint density at radius 2 is 0.783 bits per heavy atom. The highest BCUT2D eigenvalue weighted by atomic mass is 17.1. The van der Waals surface area contributed by atoms with Crippen LogP contribution in [0.15, 0.2) is 0 Å². The van der Waals surface area contributed by atoms with Gasteiger partial charge in [0.05, 0.1) is 0 Å². The molecule has 0 bridgehead atoms. The van der Waals surface area contributed by atoms with Gasteiger partial charge < -0.3 is 0 Å². The van der Waals surface area contributed by atoms with Crippen LogP contribution in [0.3, 0.4) is 0 Å². The van der Waals surface area contributed by atoms with E-state index >= 15 is 0 Å². The second kappa shape index (κ2) is 20.6. The predicted molar refractivity (Wildman–Crippen MR) is 91.1 cm³/mol. The third-order valence-corrected chi connectivity index (χ3v) is 3.59. The fraction of sp³-hybridized carbons (Fsp3) is 1.00. The summed E-state index contributed by atoms with van der Waals surface area (Å²) in [6.07, 6.45) is 20.4. The molecule has 7 heteroatoms. The molecule has 0 heterocycles. The zero-order valence-electron chi connectivity index (χ0n) is 14.8. The summed E-state index contributed by atoms with van der Waals surface area (Å²) in [6, 6.07) is 0. The van der Waals surface area contributed by atoms with Gasteiger partial charge in [-0.1, -0.05) is 104 Å². The first kappa shape index (κ1) is 23.9. The maximum atomic E-state index is 8.95. The lowest BCUT2D eigenvalue weighted by molar-refractivity contribution is -1.03. The second-order valence-electron chi connectivity index (χ2n) is 5.77. The lowest BCUT2D eigenvalue weighted by atomic mass is 10.0. The van der Waals surface area contributed by atoms with Gasteiger partial charge in [-0.3, -0.25) is 0 Å². The van der Waals surface area contributed by atoms with Gasteiger partial charge in [0.15, 0.2) is 0 Å². The van der Waals surface area contributed by atoms with Crippen molar-refractivity contribution in [2.45, 2.75) is 104 Å². The highest BCUT2D eigenvalue weighted by molar-refractivity contribution is 4.48. The van der Waals surface area contributed by atoms with E-state index in [-0.39, 0.29) is 0 Å². The van der Waals surface area contributed by atoms with Gasteiger partial charge in [-0.15, -0.1) is 20.2 Å². The summed E-state index contributed by atoms with van der Waals surface area (Å²) in [6.45, 7) is 4.58. The highest BCUT2D eigenvalue weighted by Crippen LogP contribution is 2.12. The Hall–Kier alpha value is -1.40. The molecule has 0 N–H and O–H groups in total. The molecule has 0 atom stereocenters. The minimum atomic E-state index is -1.50. The minimum absolute atomic E-state index is 1.37. The van der Waals surface area contributed by atoms with E-state index in [1.54, 1.807) is 0 Å². The fourth-order valence-corrected chi connectivity index (χ4v) is 2.32. The van der Waals surface area contributed by atoms with Gasteiger partial charge in [0.1, 0.15) is 0 Å². The molecule has 0 aromatic rings. The van der Waals surface area contributed by atoms with Crippen LogP contribution in [0.5, 0.6) is 0 Å². The van der Waals surface area contributed by atoms with Crippen LogP contribution in [-0.4, -0.2) is 10.2 Å². The summed E-state index contributed by atoms with van der Waals surface area (Å²) >= 11 is 0. The summed E-state index contributed by atoms with van der Waals surface area (Å²) in [5.41, 5.74) is 0. The van der Waals surface area contributed by atoms with E-state index in [1.165, 1.54) is 89.9 Å². The Morgan fingerprint density at radius 1 is 0.565 bits per heavy atom. The number of hydrogen-bond acceptors (Lipinski definition) is 5. The second-order valence-corrected chi connectivity index (χ2v) is 5.77. The van der Waals surface area contributed by atoms with E-state index in [1.807, 2.05) is 0 Å². The van der Waals surface area contributed by atoms with Crippen LogP contribution in [0.4, 0.5) is 0 Å². The van der Waals surface area contributed by atoms with E-state index in [2.05, 4.69) is 18.8 Å². The molecule has 0 saturated heterocycles. The zero-order chi connectivity index (χ0) is 17.8. The Labute approximate surface area is 140 Å². The van der Waals surface area contributed by atoms with Crippen molar-refractivity contribution in [3.05, 3.63) is 20.2 Å². The smallest absolute Gasteiger partial charge is 0.105 e. The van der Waals surface area contributed by atoms with Crippen LogP contribution < -0.4 is 0 Å². The average molecular weight is 334 g/mol. The molecule has 23 heavy (non-hydrogen) atoms. The van der Waals surface area contributed by atoms with Gasteiger partial charge in [0.2, 0.25) is 0 Å². The zero-order valence-corrected chi connectivity index (χ0v) is 14.8. The largest absolute Gasteiger partial charge is 0.356 e. The van der Waals surface area contributed by atoms with E-state index in [0.29, 0.717) is 0 Å². The molecule has 0 unspecified atom stereocenters. The molecule has 0 aliphatic carbocycles. The van der Waals surface area contributed by atoms with Crippen LogP contribution in [0, 0.1) is 20.2 Å². The van der Waals surface area contributed by atoms with Gasteiger partial charge in [-0.25, -0.2) is 0 Å². The van der Waals surface area contributed by atoms with Gasteiger partial charge in [-0.05, 0) is 0 Å². The van der Waals surface area contributed by atoms with Crippen molar-refractivity contribution in [1.29, 1.82) is 0 Å². The number of nitrogens with zero attached hydrogens (tertiary/aromatic N) is 2. The maximum absolute atomic E-state index is 8.95. The van der Waals surface area contributed by atoms with Crippen LogP contribution in [0.25, 0.3) is 0 Å². The number of hydrogen-bond donors (Lipinski definition) is 0. The standard InChI is InChI=1S/C16H34.N2O5/c1-3-5-7-9-11-13-15-16-14-12-10-8-6-4-2;3-1(4)7-2(5)6/h3-16H2,1-2H3;. The molecule has 0 aromatic carbocycles. The summed E-state index contributed by atoms with van der Waals surface area (Å²) < 4.78 is 0. The van der Waals surface area contributed by atoms with E-state index < -0.39 is 10.2 Å². The Bertz CT molecular complexity index is 249. The molecule has 0 saturated carbocycles. The number of rotatable bonds is 15. The molecule has 0 radical (unpaired) electrons. The van der Waals surface area contributed by atoms with Crippen LogP contribution in [0.2, 0.25) is 0 Å². The van der Waals surface area contributed by atoms with Crippen molar-refractivity contribution in [2.75, 3.05) is 0 Å². The molecule has 138 valence electrons. The van der Waals surface area contributed by atoms with Crippen molar-refractivity contribution in [1.82, 2.24) is 0 Å². The Balaban J connectivity index is 0. The molecule has 0 fully saturated rings. The Kier molecular flexibility index (Phi) is 21.4. The topological polar surface area (TPSA) is 95.5 Å². The first-order valence-electron chi connectivity index (χ1n) is 9.01. The third-order valence-electron chi connectivity index (χ3n) is 3.59. The minimum Gasteiger partial charge on any atom is -0.105 e. The first-order valence-corrected chi connectivity index (χ1v) is 9.01. The van der Waals surface area contributed by atoms with Gasteiger partial charge in [0.25, 0.3) is 0 Å². The molecule has 0 aromatic heterocycles. The average Bonchev–Trinajstić information content (AvgIpc) is 2.48. The lowest BCUT2D eigenvalue weighted by Gasteiger charge is -2.02. The van der Waals surface area contributed by atoms with E-state index in [4.69, 9.17) is 20.2 Å². The van der Waals surface area contributed by atoms with E-state index in [9.17, 15) is 0 Å².